The summed E-state index contributed by atoms with van der Waals surface area (Å²) in [6, 6.07) is 12.2. The molecule has 0 aliphatic carbocycles. The van der Waals surface area contributed by atoms with Crippen LogP contribution in [0.2, 0.25) is 10.0 Å². The second-order valence-electron chi connectivity index (χ2n) is 7.44. The van der Waals surface area contributed by atoms with Gasteiger partial charge in [0.15, 0.2) is 0 Å². The molecule has 0 bridgehead atoms. The number of halogens is 2. The fourth-order valence-corrected chi connectivity index (χ4v) is 5.52. The molecule has 1 aliphatic heterocycles. The van der Waals surface area contributed by atoms with E-state index in [0.29, 0.717) is 25.9 Å². The van der Waals surface area contributed by atoms with E-state index in [9.17, 15) is 18.0 Å². The normalized spacial score (nSPS) is 16.1. The molecule has 1 saturated heterocycles. The number of amides is 2. The number of carbonyl (C=O) groups is 2. The van der Waals surface area contributed by atoms with Crippen molar-refractivity contribution in [3.8, 4) is 0 Å². The highest BCUT2D eigenvalue weighted by molar-refractivity contribution is 7.89. The lowest BCUT2D eigenvalue weighted by molar-refractivity contribution is -0.136. The van der Waals surface area contributed by atoms with Gasteiger partial charge in [-0.1, -0.05) is 53.5 Å². The molecule has 1 heterocycles. The van der Waals surface area contributed by atoms with E-state index in [2.05, 4.69) is 4.72 Å². The molecule has 2 amide bonds. The second kappa shape index (κ2) is 9.99. The lowest BCUT2D eigenvalue weighted by atomic mass is 9.95. The number of hydrogen-bond donors (Lipinski definition) is 2. The number of primary amides is 1. The van der Waals surface area contributed by atoms with Crippen LogP contribution in [-0.2, 0) is 26.0 Å². The first kappa shape index (κ1) is 23.5. The Balaban J connectivity index is 1.85. The Kier molecular flexibility index (Phi) is 7.59. The first-order valence-corrected chi connectivity index (χ1v) is 12.0. The summed E-state index contributed by atoms with van der Waals surface area (Å²) in [5.41, 5.74) is 6.17. The Bertz CT molecular complexity index is 1060. The van der Waals surface area contributed by atoms with Crippen LogP contribution < -0.4 is 10.5 Å². The molecule has 3 N–H and O–H groups in total. The monoisotopic (exact) mass is 483 g/mol. The minimum absolute atomic E-state index is 0.00471. The zero-order chi connectivity index (χ0) is 22.6. The van der Waals surface area contributed by atoms with Crippen LogP contribution >= 0.6 is 23.2 Å². The first-order chi connectivity index (χ1) is 14.7. The number of sulfonamides is 1. The molecule has 2 aromatic rings. The standard InChI is InChI=1S/C21H23Cl2N3O4S/c22-16-6-7-17(23)19(13-16)31(29,30)25-18(12-14-4-2-1-3-5-14)21(28)26-10-8-15(9-11-26)20(24)27/h1-7,13,15,18,25H,8-12H2,(H2,24,27)/t18-/m1/s1. The van der Waals surface area contributed by atoms with Crippen LogP contribution in [-0.4, -0.2) is 44.3 Å². The molecule has 10 heteroatoms. The van der Waals surface area contributed by atoms with E-state index >= 15 is 0 Å². The van der Waals surface area contributed by atoms with Crippen molar-refractivity contribution in [3.63, 3.8) is 0 Å². The molecule has 31 heavy (non-hydrogen) atoms. The lowest BCUT2D eigenvalue weighted by Crippen LogP contribution is -2.52. The molecule has 3 rings (SSSR count). The summed E-state index contributed by atoms with van der Waals surface area (Å²) in [5.74, 6) is -1.03. The molecule has 7 nitrogen and oxygen atoms in total. The van der Waals surface area contributed by atoms with Crippen LogP contribution in [0.5, 0.6) is 0 Å². The van der Waals surface area contributed by atoms with Gasteiger partial charge in [-0.15, -0.1) is 0 Å². The van der Waals surface area contributed by atoms with Crippen molar-refractivity contribution in [2.24, 2.45) is 11.7 Å². The van der Waals surface area contributed by atoms with Gasteiger partial charge in [-0.2, -0.15) is 4.72 Å². The number of nitrogens with one attached hydrogen (secondary N) is 1. The van der Waals surface area contributed by atoms with Crippen molar-refractivity contribution >= 4 is 45.0 Å². The van der Waals surface area contributed by atoms with Crippen LogP contribution in [0.1, 0.15) is 18.4 Å². The number of nitrogens with two attached hydrogens (primary N) is 1. The van der Waals surface area contributed by atoms with E-state index in [1.807, 2.05) is 30.3 Å². The van der Waals surface area contributed by atoms with Gasteiger partial charge >= 0.3 is 0 Å². The molecule has 166 valence electrons. The molecular weight excluding hydrogens is 461 g/mol. The number of rotatable bonds is 7. The van der Waals surface area contributed by atoms with Gasteiger partial charge in [0.05, 0.1) is 5.02 Å². The second-order valence-corrected chi connectivity index (χ2v) is 9.97. The largest absolute Gasteiger partial charge is 0.369 e. The highest BCUT2D eigenvalue weighted by Crippen LogP contribution is 2.26. The van der Waals surface area contributed by atoms with Gasteiger partial charge < -0.3 is 10.6 Å². The van der Waals surface area contributed by atoms with Crippen molar-refractivity contribution < 1.29 is 18.0 Å². The highest BCUT2D eigenvalue weighted by atomic mass is 35.5. The molecule has 0 spiro atoms. The minimum Gasteiger partial charge on any atom is -0.369 e. The van der Waals surface area contributed by atoms with Crippen LogP contribution in [0.3, 0.4) is 0 Å². The van der Waals surface area contributed by atoms with Gasteiger partial charge in [0.2, 0.25) is 21.8 Å². The van der Waals surface area contributed by atoms with Gasteiger partial charge in [0.1, 0.15) is 10.9 Å². The van der Waals surface area contributed by atoms with Crippen molar-refractivity contribution in [3.05, 3.63) is 64.1 Å². The summed E-state index contributed by atoms with van der Waals surface area (Å²) in [5, 5.41) is 0.217. The van der Waals surface area contributed by atoms with Crippen molar-refractivity contribution in [1.82, 2.24) is 9.62 Å². The van der Waals surface area contributed by atoms with Gasteiger partial charge in [0.25, 0.3) is 0 Å². The summed E-state index contributed by atoms with van der Waals surface area (Å²) in [6.45, 7) is 0.661. The van der Waals surface area contributed by atoms with Crippen LogP contribution in [0.25, 0.3) is 0 Å². The molecule has 1 aliphatic rings. The number of piperidine rings is 1. The molecular formula is C21H23Cl2N3O4S. The summed E-state index contributed by atoms with van der Waals surface area (Å²) in [4.78, 5) is 26.0. The number of likely N-dealkylation sites (tertiary alicyclic amines) is 1. The third-order valence-electron chi connectivity index (χ3n) is 5.27. The lowest BCUT2D eigenvalue weighted by Gasteiger charge is -2.33. The minimum atomic E-state index is -4.13. The Morgan fingerprint density at radius 1 is 1.10 bits per heavy atom. The maximum atomic E-state index is 13.3. The summed E-state index contributed by atoms with van der Waals surface area (Å²) >= 11 is 12.0. The SMILES string of the molecule is NC(=O)C1CCN(C(=O)[C@@H](Cc2ccccc2)NS(=O)(=O)c2cc(Cl)ccc2Cl)CC1. The number of benzene rings is 2. The number of hydrogen-bond acceptors (Lipinski definition) is 4. The smallest absolute Gasteiger partial charge is 0.242 e. The molecule has 0 saturated carbocycles. The zero-order valence-electron chi connectivity index (χ0n) is 16.6. The van der Waals surface area contributed by atoms with E-state index in [4.69, 9.17) is 28.9 Å². The molecule has 0 radical (unpaired) electrons. The van der Waals surface area contributed by atoms with Crippen LogP contribution in [0.4, 0.5) is 0 Å². The van der Waals surface area contributed by atoms with Gasteiger partial charge in [0, 0.05) is 24.0 Å². The summed E-state index contributed by atoms with van der Waals surface area (Å²) < 4.78 is 28.6. The Morgan fingerprint density at radius 2 is 1.74 bits per heavy atom. The van der Waals surface area contributed by atoms with E-state index in [1.165, 1.54) is 18.2 Å². The maximum absolute atomic E-state index is 13.3. The van der Waals surface area contributed by atoms with Gasteiger partial charge in [-0.25, -0.2) is 8.42 Å². The third-order valence-corrected chi connectivity index (χ3v) is 7.46. The molecule has 1 fully saturated rings. The average molecular weight is 484 g/mol. The fourth-order valence-electron chi connectivity index (χ4n) is 3.57. The molecule has 0 unspecified atom stereocenters. The Morgan fingerprint density at radius 3 is 2.35 bits per heavy atom. The van der Waals surface area contributed by atoms with Crippen molar-refractivity contribution in [2.45, 2.75) is 30.2 Å². The number of nitrogens with zero attached hydrogens (tertiary/aromatic N) is 1. The highest BCUT2D eigenvalue weighted by Gasteiger charge is 2.33. The van der Waals surface area contributed by atoms with Gasteiger partial charge in [-0.05, 0) is 43.0 Å². The summed E-state index contributed by atoms with van der Waals surface area (Å²) in [7, 11) is -4.13. The number of carbonyl (C=O) groups excluding carboxylic acids is 2. The fraction of sp³-hybridized carbons (Fsp3) is 0.333. The third kappa shape index (κ3) is 5.98. The van der Waals surface area contributed by atoms with Gasteiger partial charge in [-0.3, -0.25) is 9.59 Å². The van der Waals surface area contributed by atoms with Crippen molar-refractivity contribution in [1.29, 1.82) is 0 Å². The quantitative estimate of drug-likeness (QED) is 0.630. The van der Waals surface area contributed by atoms with E-state index in [0.717, 1.165) is 5.56 Å². The Labute approximate surface area is 191 Å². The predicted octanol–water partition coefficient (Wildman–Crippen LogP) is 2.61. The predicted molar refractivity (Wildman–Crippen MR) is 119 cm³/mol. The van der Waals surface area contributed by atoms with E-state index in [1.54, 1.807) is 4.90 Å². The maximum Gasteiger partial charge on any atom is 0.242 e. The molecule has 2 aromatic carbocycles. The van der Waals surface area contributed by atoms with E-state index in [-0.39, 0.29) is 39.1 Å². The summed E-state index contributed by atoms with van der Waals surface area (Å²) in [6.07, 6.45) is 1.06. The topological polar surface area (TPSA) is 110 Å². The Hall–Kier alpha value is -2.13. The zero-order valence-corrected chi connectivity index (χ0v) is 19.0. The first-order valence-electron chi connectivity index (χ1n) is 9.77. The van der Waals surface area contributed by atoms with E-state index < -0.39 is 16.1 Å². The average Bonchev–Trinajstić information content (AvgIpc) is 2.75. The van der Waals surface area contributed by atoms with Crippen molar-refractivity contribution in [2.75, 3.05) is 13.1 Å². The molecule has 1 atom stereocenters. The molecule has 0 aromatic heterocycles. The van der Waals surface area contributed by atoms with Crippen LogP contribution in [0.15, 0.2) is 53.4 Å². The van der Waals surface area contributed by atoms with Crippen LogP contribution in [0, 0.1) is 5.92 Å².